The van der Waals surface area contributed by atoms with Crippen LogP contribution in [-0.4, -0.2) is 17.5 Å². The van der Waals surface area contributed by atoms with Crippen molar-refractivity contribution in [3.8, 4) is 0 Å². The largest absolute Gasteiger partial charge is 0.359 e. The van der Waals surface area contributed by atoms with E-state index in [9.17, 15) is 13.6 Å². The third-order valence-electron chi connectivity index (χ3n) is 2.86. The van der Waals surface area contributed by atoms with Gasteiger partial charge in [-0.1, -0.05) is 27.5 Å². The third kappa shape index (κ3) is 5.34. The molecule has 3 nitrogen and oxygen atoms in total. The molecule has 0 aromatic heterocycles. The Morgan fingerprint density at radius 3 is 2.17 bits per heavy atom. The van der Waals surface area contributed by atoms with Gasteiger partial charge in [-0.05, 0) is 60.1 Å². The van der Waals surface area contributed by atoms with Crippen LogP contribution in [0.1, 0.15) is 10.4 Å². The molecule has 0 fully saturated rings. The molecule has 1 atom stereocenters. The summed E-state index contributed by atoms with van der Waals surface area (Å²) in [7, 11) is 0. The van der Waals surface area contributed by atoms with E-state index in [1.165, 1.54) is 36.4 Å². The molecule has 0 saturated heterocycles. The highest BCUT2D eigenvalue weighted by Gasteiger charge is 2.38. The number of anilines is 1. The lowest BCUT2D eigenvalue weighted by Crippen LogP contribution is -2.50. The summed E-state index contributed by atoms with van der Waals surface area (Å²) in [6.07, 6.45) is -1.79. The lowest BCUT2D eigenvalue weighted by molar-refractivity contribution is 0.0538. The molecule has 0 aliphatic rings. The summed E-state index contributed by atoms with van der Waals surface area (Å²) in [6, 6.07) is 12.3. The molecule has 2 rings (SSSR count). The van der Waals surface area contributed by atoms with Crippen LogP contribution >= 0.6 is 39.1 Å². The van der Waals surface area contributed by atoms with Crippen LogP contribution < -0.4 is 10.6 Å². The molecule has 23 heavy (non-hydrogen) atoms. The van der Waals surface area contributed by atoms with Gasteiger partial charge in [0.1, 0.15) is 0 Å². The van der Waals surface area contributed by atoms with Crippen molar-refractivity contribution in [3.63, 3.8) is 0 Å². The molecule has 1 amide bonds. The van der Waals surface area contributed by atoms with Crippen molar-refractivity contribution >= 4 is 50.7 Å². The van der Waals surface area contributed by atoms with Gasteiger partial charge in [0.05, 0.1) is 0 Å². The van der Waals surface area contributed by atoms with Crippen LogP contribution in [0.5, 0.6) is 0 Å². The van der Waals surface area contributed by atoms with Crippen LogP contribution in [0.3, 0.4) is 0 Å². The maximum absolute atomic E-state index is 13.5. The van der Waals surface area contributed by atoms with E-state index >= 15 is 0 Å². The van der Waals surface area contributed by atoms with E-state index in [1.807, 2.05) is 0 Å². The van der Waals surface area contributed by atoms with E-state index in [1.54, 1.807) is 12.1 Å². The second kappa shape index (κ2) is 7.47. The molecule has 2 N–H and O–H groups in total. The SMILES string of the molecule is O=C(NC(Nc1ccc(Cl)cc1)C(F)(F)Cl)c1ccc(Br)cc1. The monoisotopic (exact) mass is 422 g/mol. The van der Waals surface area contributed by atoms with Gasteiger partial charge in [-0.2, -0.15) is 8.78 Å². The van der Waals surface area contributed by atoms with Gasteiger partial charge >= 0.3 is 5.38 Å². The van der Waals surface area contributed by atoms with Gasteiger partial charge in [0, 0.05) is 20.7 Å². The van der Waals surface area contributed by atoms with Gasteiger partial charge in [0.25, 0.3) is 5.91 Å². The number of carbonyl (C=O) groups excluding carboxylic acids is 1. The van der Waals surface area contributed by atoms with Crippen molar-refractivity contribution in [1.29, 1.82) is 0 Å². The van der Waals surface area contributed by atoms with Crippen molar-refractivity contribution in [1.82, 2.24) is 5.32 Å². The fourth-order valence-electron chi connectivity index (χ4n) is 1.73. The zero-order valence-electron chi connectivity index (χ0n) is 11.5. The number of nitrogens with one attached hydrogen (secondary N) is 2. The molecule has 0 aliphatic heterocycles. The molecule has 2 aromatic carbocycles. The number of carbonyl (C=O) groups is 1. The van der Waals surface area contributed by atoms with E-state index in [-0.39, 0.29) is 5.56 Å². The maximum atomic E-state index is 13.5. The molecule has 122 valence electrons. The van der Waals surface area contributed by atoms with E-state index in [0.717, 1.165) is 4.47 Å². The number of benzene rings is 2. The summed E-state index contributed by atoms with van der Waals surface area (Å²) in [5, 5.41) is 1.42. The number of hydrogen-bond acceptors (Lipinski definition) is 2. The van der Waals surface area contributed by atoms with Crippen LogP contribution in [0.2, 0.25) is 5.02 Å². The van der Waals surface area contributed by atoms with Crippen molar-refractivity contribution in [2.75, 3.05) is 5.32 Å². The molecular formula is C15H11BrCl2F2N2O. The van der Waals surface area contributed by atoms with Gasteiger partial charge in [0.15, 0.2) is 6.17 Å². The summed E-state index contributed by atoms with van der Waals surface area (Å²) in [5.41, 5.74) is 0.577. The normalized spacial score (nSPS) is 12.6. The Balaban J connectivity index is 2.14. The Labute approximate surface area is 150 Å². The Hall–Kier alpha value is -1.37. The molecule has 0 radical (unpaired) electrons. The fourth-order valence-corrected chi connectivity index (χ4v) is 2.23. The van der Waals surface area contributed by atoms with Crippen molar-refractivity contribution in [3.05, 3.63) is 63.6 Å². The van der Waals surface area contributed by atoms with Gasteiger partial charge in [-0.15, -0.1) is 0 Å². The molecule has 0 bridgehead atoms. The van der Waals surface area contributed by atoms with Crippen molar-refractivity contribution < 1.29 is 13.6 Å². The smallest absolute Gasteiger partial charge is 0.359 e. The Kier molecular flexibility index (Phi) is 5.84. The highest BCUT2D eigenvalue weighted by Crippen LogP contribution is 2.26. The molecule has 0 saturated carbocycles. The zero-order chi connectivity index (χ0) is 17.0. The molecule has 2 aromatic rings. The highest BCUT2D eigenvalue weighted by atomic mass is 79.9. The first-order valence-electron chi connectivity index (χ1n) is 6.41. The minimum absolute atomic E-state index is 0.233. The first kappa shape index (κ1) is 18.0. The summed E-state index contributed by atoms with van der Waals surface area (Å²) in [5.74, 6) is -0.677. The average molecular weight is 424 g/mol. The number of amides is 1. The minimum Gasteiger partial charge on any atom is -0.359 e. The lowest BCUT2D eigenvalue weighted by atomic mass is 10.2. The average Bonchev–Trinajstić information content (AvgIpc) is 2.48. The second-order valence-corrected chi connectivity index (χ2v) is 6.46. The summed E-state index contributed by atoms with van der Waals surface area (Å²) >= 11 is 14.1. The zero-order valence-corrected chi connectivity index (χ0v) is 14.6. The Morgan fingerprint density at radius 1 is 1.09 bits per heavy atom. The van der Waals surface area contributed by atoms with Gasteiger partial charge in [0.2, 0.25) is 0 Å². The van der Waals surface area contributed by atoms with Crippen molar-refractivity contribution in [2.24, 2.45) is 0 Å². The summed E-state index contributed by atoms with van der Waals surface area (Å²) in [6.45, 7) is 0. The molecule has 0 aliphatic carbocycles. The van der Waals surface area contributed by atoms with E-state index in [4.69, 9.17) is 23.2 Å². The fraction of sp³-hybridized carbons (Fsp3) is 0.133. The third-order valence-corrected chi connectivity index (χ3v) is 3.86. The van der Waals surface area contributed by atoms with Crippen molar-refractivity contribution in [2.45, 2.75) is 11.5 Å². The highest BCUT2D eigenvalue weighted by molar-refractivity contribution is 9.10. The molecule has 0 heterocycles. The lowest BCUT2D eigenvalue weighted by Gasteiger charge is -2.25. The van der Waals surface area contributed by atoms with Gasteiger partial charge < -0.3 is 10.6 Å². The van der Waals surface area contributed by atoms with E-state index in [0.29, 0.717) is 10.7 Å². The van der Waals surface area contributed by atoms with Gasteiger partial charge in [-0.25, -0.2) is 0 Å². The number of hydrogen-bond donors (Lipinski definition) is 2. The predicted octanol–water partition coefficient (Wildman–Crippen LogP) is 5.10. The Bertz CT molecular complexity index is 675. The van der Waals surface area contributed by atoms with E-state index < -0.39 is 17.5 Å². The van der Waals surface area contributed by atoms with Crippen LogP contribution in [-0.2, 0) is 0 Å². The minimum atomic E-state index is -3.69. The quantitative estimate of drug-likeness (QED) is 0.518. The molecule has 0 spiro atoms. The van der Waals surface area contributed by atoms with Gasteiger partial charge in [-0.3, -0.25) is 4.79 Å². The van der Waals surface area contributed by atoms with E-state index in [2.05, 4.69) is 26.6 Å². The number of rotatable bonds is 5. The molecular weight excluding hydrogens is 413 g/mol. The molecule has 1 unspecified atom stereocenters. The van der Waals surface area contributed by atoms with Crippen LogP contribution in [0.4, 0.5) is 14.5 Å². The number of alkyl halides is 3. The van der Waals surface area contributed by atoms with Crippen LogP contribution in [0.15, 0.2) is 53.0 Å². The summed E-state index contributed by atoms with van der Waals surface area (Å²) < 4.78 is 27.9. The number of halogens is 5. The summed E-state index contributed by atoms with van der Waals surface area (Å²) in [4.78, 5) is 12.1. The standard InChI is InChI=1S/C15H11BrCl2F2N2O/c16-10-3-1-9(2-4-10)13(23)22-14(15(18,19)20)21-12-7-5-11(17)6-8-12/h1-8,14,21H,(H,22,23). The topological polar surface area (TPSA) is 41.1 Å². The first-order chi connectivity index (χ1) is 10.8. The predicted molar refractivity (Wildman–Crippen MR) is 91.3 cm³/mol. The first-order valence-corrected chi connectivity index (χ1v) is 7.96. The molecule has 8 heteroatoms. The Morgan fingerprint density at radius 2 is 1.65 bits per heavy atom. The maximum Gasteiger partial charge on any atom is 0.359 e. The second-order valence-electron chi connectivity index (χ2n) is 4.61. The van der Waals surface area contributed by atoms with Crippen LogP contribution in [0, 0.1) is 0 Å². The van der Waals surface area contributed by atoms with Crippen LogP contribution in [0.25, 0.3) is 0 Å².